The molecule has 1 heterocycles. The lowest BCUT2D eigenvalue weighted by Crippen LogP contribution is -2.46. The Bertz CT molecular complexity index is 443. The Kier molecular flexibility index (Phi) is 5.91. The van der Waals surface area contributed by atoms with Gasteiger partial charge in [-0.2, -0.15) is 0 Å². The number of thiazole rings is 1. The first-order valence-corrected chi connectivity index (χ1v) is 7.15. The van der Waals surface area contributed by atoms with Gasteiger partial charge < -0.3 is 16.0 Å². The third kappa shape index (κ3) is 4.00. The summed E-state index contributed by atoms with van der Waals surface area (Å²) in [6, 6.07) is -0.560. The zero-order valence-electron chi connectivity index (χ0n) is 11.5. The van der Waals surface area contributed by atoms with Gasteiger partial charge in [0.1, 0.15) is 16.7 Å². The van der Waals surface area contributed by atoms with Crippen molar-refractivity contribution in [2.24, 2.45) is 5.73 Å². The highest BCUT2D eigenvalue weighted by molar-refractivity contribution is 7.09. The molecule has 1 unspecified atom stereocenters. The second-order valence-electron chi connectivity index (χ2n) is 4.04. The van der Waals surface area contributed by atoms with Crippen molar-refractivity contribution in [1.82, 2.24) is 15.2 Å². The van der Waals surface area contributed by atoms with Gasteiger partial charge in [0, 0.05) is 25.0 Å². The van der Waals surface area contributed by atoms with E-state index in [-0.39, 0.29) is 11.8 Å². The van der Waals surface area contributed by atoms with E-state index in [4.69, 9.17) is 5.73 Å². The quantitative estimate of drug-likeness (QED) is 0.800. The summed E-state index contributed by atoms with van der Waals surface area (Å²) in [6.07, 6.45) is 0. The molecule has 106 valence electrons. The van der Waals surface area contributed by atoms with Crippen LogP contribution in [0.2, 0.25) is 0 Å². The Balaban J connectivity index is 2.63. The molecule has 3 N–H and O–H groups in total. The molecule has 1 aromatic rings. The summed E-state index contributed by atoms with van der Waals surface area (Å²) in [5.41, 5.74) is 5.75. The van der Waals surface area contributed by atoms with Gasteiger partial charge in [-0.1, -0.05) is 0 Å². The van der Waals surface area contributed by atoms with E-state index in [0.717, 1.165) is 0 Å². The largest absolute Gasteiger partial charge is 0.341 e. The number of rotatable bonds is 6. The predicted octanol–water partition coefficient (Wildman–Crippen LogP) is 0.589. The van der Waals surface area contributed by atoms with Crippen molar-refractivity contribution in [3.05, 3.63) is 16.1 Å². The smallest absolute Gasteiger partial charge is 0.271 e. The van der Waals surface area contributed by atoms with Crippen LogP contribution in [0.5, 0.6) is 0 Å². The first kappa shape index (κ1) is 15.6. The Morgan fingerprint density at radius 3 is 2.58 bits per heavy atom. The molecule has 0 spiro atoms. The van der Waals surface area contributed by atoms with Crippen molar-refractivity contribution in [3.8, 4) is 0 Å². The van der Waals surface area contributed by atoms with E-state index in [9.17, 15) is 9.59 Å². The Morgan fingerprint density at radius 2 is 2.11 bits per heavy atom. The lowest BCUT2D eigenvalue weighted by Gasteiger charge is -2.23. The number of nitrogens with zero attached hydrogens (tertiary/aromatic N) is 2. The van der Waals surface area contributed by atoms with E-state index < -0.39 is 6.04 Å². The molecule has 0 saturated carbocycles. The van der Waals surface area contributed by atoms with Crippen LogP contribution in [0.4, 0.5) is 0 Å². The van der Waals surface area contributed by atoms with Gasteiger partial charge >= 0.3 is 0 Å². The van der Waals surface area contributed by atoms with Crippen molar-refractivity contribution in [2.45, 2.75) is 33.4 Å². The fourth-order valence-corrected chi connectivity index (χ4v) is 2.31. The maximum absolute atomic E-state index is 12.0. The Labute approximate surface area is 117 Å². The van der Waals surface area contributed by atoms with Crippen LogP contribution in [0.3, 0.4) is 0 Å². The van der Waals surface area contributed by atoms with E-state index in [2.05, 4.69) is 10.3 Å². The molecule has 0 fully saturated rings. The van der Waals surface area contributed by atoms with Gasteiger partial charge in [-0.25, -0.2) is 4.98 Å². The van der Waals surface area contributed by atoms with Crippen molar-refractivity contribution in [1.29, 1.82) is 0 Å². The number of carbonyl (C=O) groups is 2. The molecule has 1 aromatic heterocycles. The third-order valence-corrected chi connectivity index (χ3v) is 3.62. The topological polar surface area (TPSA) is 88.3 Å². The number of nitrogens with two attached hydrogens (primary N) is 1. The number of aromatic nitrogens is 1. The molecule has 0 aliphatic heterocycles. The van der Waals surface area contributed by atoms with Crippen molar-refractivity contribution < 1.29 is 9.59 Å². The lowest BCUT2D eigenvalue weighted by molar-refractivity contribution is -0.132. The summed E-state index contributed by atoms with van der Waals surface area (Å²) in [5.74, 6) is -0.434. The minimum Gasteiger partial charge on any atom is -0.341 e. The lowest BCUT2D eigenvalue weighted by atomic mass is 10.2. The monoisotopic (exact) mass is 284 g/mol. The zero-order valence-corrected chi connectivity index (χ0v) is 12.3. The normalized spacial score (nSPS) is 12.0. The number of carbonyl (C=O) groups excluding carboxylic acids is 2. The van der Waals surface area contributed by atoms with Crippen LogP contribution in [-0.2, 0) is 11.3 Å². The zero-order chi connectivity index (χ0) is 14.4. The first-order chi connectivity index (χ1) is 9.03. The highest BCUT2D eigenvalue weighted by Gasteiger charge is 2.21. The van der Waals surface area contributed by atoms with Crippen molar-refractivity contribution in [2.75, 3.05) is 13.1 Å². The third-order valence-electron chi connectivity index (χ3n) is 2.75. The van der Waals surface area contributed by atoms with Crippen molar-refractivity contribution >= 4 is 23.2 Å². The van der Waals surface area contributed by atoms with E-state index >= 15 is 0 Å². The van der Waals surface area contributed by atoms with Crippen LogP contribution in [0.15, 0.2) is 5.38 Å². The van der Waals surface area contributed by atoms with Gasteiger partial charge in [-0.15, -0.1) is 11.3 Å². The molecule has 0 radical (unpaired) electrons. The standard InChI is InChI=1S/C12H20N4O2S/c1-4-16(5-2)12(18)8(3)14-11(17)9-7-19-10(6-13)15-9/h7-8H,4-6,13H2,1-3H3,(H,14,17). The number of hydrogen-bond donors (Lipinski definition) is 2. The summed E-state index contributed by atoms with van der Waals surface area (Å²) >= 11 is 1.34. The number of likely N-dealkylation sites (N-methyl/N-ethyl adjacent to an activating group) is 1. The molecule has 0 saturated heterocycles. The number of amides is 2. The molecule has 6 nitrogen and oxygen atoms in total. The second kappa shape index (κ2) is 7.20. The maximum atomic E-state index is 12.0. The summed E-state index contributed by atoms with van der Waals surface area (Å²) in [4.78, 5) is 29.7. The second-order valence-corrected chi connectivity index (χ2v) is 4.98. The average Bonchev–Trinajstić information content (AvgIpc) is 2.88. The first-order valence-electron chi connectivity index (χ1n) is 6.27. The van der Waals surface area contributed by atoms with E-state index in [1.165, 1.54) is 11.3 Å². The summed E-state index contributed by atoms with van der Waals surface area (Å²) in [5, 5.41) is 5.00. The molecule has 1 rings (SSSR count). The Hall–Kier alpha value is -1.47. The Morgan fingerprint density at radius 1 is 1.47 bits per heavy atom. The van der Waals surface area contributed by atoms with Crippen LogP contribution in [0.1, 0.15) is 36.3 Å². The summed E-state index contributed by atoms with van der Waals surface area (Å²) in [6.45, 7) is 7.06. The molecule has 1 atom stereocenters. The van der Waals surface area contributed by atoms with Crippen LogP contribution < -0.4 is 11.1 Å². The minimum absolute atomic E-state index is 0.0902. The molecule has 0 aliphatic carbocycles. The van der Waals surface area contributed by atoms with Crippen LogP contribution >= 0.6 is 11.3 Å². The van der Waals surface area contributed by atoms with Gasteiger partial charge in [0.2, 0.25) is 5.91 Å². The molecule has 0 bridgehead atoms. The van der Waals surface area contributed by atoms with E-state index in [1.807, 2.05) is 13.8 Å². The van der Waals surface area contributed by atoms with Gasteiger partial charge in [0.25, 0.3) is 5.91 Å². The molecular weight excluding hydrogens is 264 g/mol. The molecule has 19 heavy (non-hydrogen) atoms. The fourth-order valence-electron chi connectivity index (χ4n) is 1.65. The molecule has 0 aromatic carbocycles. The number of hydrogen-bond acceptors (Lipinski definition) is 5. The highest BCUT2D eigenvalue weighted by Crippen LogP contribution is 2.09. The average molecular weight is 284 g/mol. The SMILES string of the molecule is CCN(CC)C(=O)C(C)NC(=O)c1csc(CN)n1. The van der Waals surface area contributed by atoms with E-state index in [1.54, 1.807) is 17.2 Å². The van der Waals surface area contributed by atoms with Gasteiger partial charge in [0.05, 0.1) is 0 Å². The molecule has 0 aliphatic rings. The van der Waals surface area contributed by atoms with E-state index in [0.29, 0.717) is 30.3 Å². The van der Waals surface area contributed by atoms with Crippen LogP contribution in [0.25, 0.3) is 0 Å². The maximum Gasteiger partial charge on any atom is 0.271 e. The number of nitrogens with one attached hydrogen (secondary N) is 1. The van der Waals surface area contributed by atoms with Crippen LogP contribution in [-0.4, -0.2) is 40.8 Å². The molecule has 7 heteroatoms. The highest BCUT2D eigenvalue weighted by atomic mass is 32.1. The molecular formula is C12H20N4O2S. The fraction of sp³-hybridized carbons (Fsp3) is 0.583. The van der Waals surface area contributed by atoms with Gasteiger partial charge in [-0.05, 0) is 20.8 Å². The minimum atomic E-state index is -0.560. The van der Waals surface area contributed by atoms with Crippen molar-refractivity contribution in [3.63, 3.8) is 0 Å². The molecule has 2 amide bonds. The predicted molar refractivity (Wildman–Crippen MR) is 74.9 cm³/mol. The van der Waals surface area contributed by atoms with Crippen LogP contribution in [0, 0.1) is 0 Å². The van der Waals surface area contributed by atoms with Gasteiger partial charge in [0.15, 0.2) is 0 Å². The summed E-state index contributed by atoms with van der Waals surface area (Å²) < 4.78 is 0. The van der Waals surface area contributed by atoms with Gasteiger partial charge in [-0.3, -0.25) is 9.59 Å². The summed E-state index contributed by atoms with van der Waals surface area (Å²) in [7, 11) is 0.